The molecule has 18 heavy (non-hydrogen) atoms. The van der Waals surface area contributed by atoms with Gasteiger partial charge in [-0.15, -0.1) is 0 Å². The van der Waals surface area contributed by atoms with E-state index in [4.69, 9.17) is 28.9 Å². The van der Waals surface area contributed by atoms with E-state index in [1.54, 1.807) is 12.1 Å². The van der Waals surface area contributed by atoms with Crippen LogP contribution in [0.15, 0.2) is 18.2 Å². The van der Waals surface area contributed by atoms with Gasteiger partial charge in [-0.1, -0.05) is 36.2 Å². The molecule has 2 atom stereocenters. The second kappa shape index (κ2) is 6.98. The molecule has 0 bridgehead atoms. The molecule has 1 aromatic rings. The molecule has 2 unspecified atom stereocenters. The lowest BCUT2D eigenvalue weighted by molar-refractivity contribution is -0.122. The van der Waals surface area contributed by atoms with Crippen LogP contribution in [0.1, 0.15) is 31.9 Å². The van der Waals surface area contributed by atoms with Gasteiger partial charge in [0, 0.05) is 16.5 Å². The number of amides is 1. The zero-order valence-corrected chi connectivity index (χ0v) is 12.1. The maximum atomic E-state index is 11.7. The number of hydrogen-bond acceptors (Lipinski definition) is 2. The van der Waals surface area contributed by atoms with Gasteiger partial charge in [0.2, 0.25) is 5.91 Å². The van der Waals surface area contributed by atoms with Crippen molar-refractivity contribution in [1.29, 1.82) is 0 Å². The van der Waals surface area contributed by atoms with E-state index >= 15 is 0 Å². The SMILES string of the molecule is CC(CN)CC(=O)NC(C)c1ccc(Cl)cc1Cl. The van der Waals surface area contributed by atoms with Gasteiger partial charge in [0.1, 0.15) is 0 Å². The molecule has 3 N–H and O–H groups in total. The molecule has 3 nitrogen and oxygen atoms in total. The molecule has 1 amide bonds. The van der Waals surface area contributed by atoms with Crippen LogP contribution in [0.4, 0.5) is 0 Å². The summed E-state index contributed by atoms with van der Waals surface area (Å²) in [7, 11) is 0. The second-order valence-electron chi connectivity index (χ2n) is 4.50. The topological polar surface area (TPSA) is 55.1 Å². The Hall–Kier alpha value is -0.770. The molecule has 0 aliphatic rings. The van der Waals surface area contributed by atoms with Crippen molar-refractivity contribution >= 4 is 29.1 Å². The Kier molecular flexibility index (Phi) is 5.93. The van der Waals surface area contributed by atoms with E-state index in [0.717, 1.165) is 5.56 Å². The zero-order chi connectivity index (χ0) is 13.7. The van der Waals surface area contributed by atoms with Gasteiger partial charge in [0.05, 0.1) is 6.04 Å². The molecule has 5 heteroatoms. The highest BCUT2D eigenvalue weighted by Crippen LogP contribution is 2.26. The standard InChI is InChI=1S/C13H18Cl2N2O/c1-8(7-16)5-13(18)17-9(2)11-4-3-10(14)6-12(11)15/h3-4,6,8-9H,5,7,16H2,1-2H3,(H,17,18). The summed E-state index contributed by atoms with van der Waals surface area (Å²) in [5.74, 6) is 0.157. The van der Waals surface area contributed by atoms with Crippen molar-refractivity contribution in [3.63, 3.8) is 0 Å². The van der Waals surface area contributed by atoms with Crippen LogP contribution in [0.3, 0.4) is 0 Å². The van der Waals surface area contributed by atoms with Crippen molar-refractivity contribution in [2.24, 2.45) is 11.7 Å². The van der Waals surface area contributed by atoms with Crippen LogP contribution >= 0.6 is 23.2 Å². The molecular formula is C13H18Cl2N2O. The number of nitrogens with one attached hydrogen (secondary N) is 1. The fraction of sp³-hybridized carbons (Fsp3) is 0.462. The first-order valence-electron chi connectivity index (χ1n) is 5.88. The predicted molar refractivity (Wildman–Crippen MR) is 75.9 cm³/mol. The number of carbonyl (C=O) groups excluding carboxylic acids is 1. The van der Waals surface area contributed by atoms with Gasteiger partial charge in [-0.05, 0) is 37.1 Å². The summed E-state index contributed by atoms with van der Waals surface area (Å²) < 4.78 is 0. The lowest BCUT2D eigenvalue weighted by Crippen LogP contribution is -2.29. The van der Waals surface area contributed by atoms with Crippen LogP contribution in [0.25, 0.3) is 0 Å². The Balaban J connectivity index is 2.64. The summed E-state index contributed by atoms with van der Waals surface area (Å²) in [5.41, 5.74) is 6.34. The highest BCUT2D eigenvalue weighted by Gasteiger charge is 2.14. The Morgan fingerprint density at radius 2 is 2.06 bits per heavy atom. The molecule has 0 fully saturated rings. The third-order valence-electron chi connectivity index (χ3n) is 2.74. The van der Waals surface area contributed by atoms with Crippen molar-refractivity contribution < 1.29 is 4.79 Å². The Bertz CT molecular complexity index is 423. The maximum Gasteiger partial charge on any atom is 0.220 e. The van der Waals surface area contributed by atoms with Crippen molar-refractivity contribution in [2.45, 2.75) is 26.3 Å². The highest BCUT2D eigenvalue weighted by atomic mass is 35.5. The first-order chi connectivity index (χ1) is 8.43. The van der Waals surface area contributed by atoms with Crippen LogP contribution in [0.2, 0.25) is 10.0 Å². The molecule has 0 saturated heterocycles. The van der Waals surface area contributed by atoms with Gasteiger partial charge in [0.25, 0.3) is 0 Å². The molecule has 100 valence electrons. The molecule has 0 spiro atoms. The first-order valence-corrected chi connectivity index (χ1v) is 6.64. The number of carbonyl (C=O) groups is 1. The highest BCUT2D eigenvalue weighted by molar-refractivity contribution is 6.35. The average molecular weight is 289 g/mol. The van der Waals surface area contributed by atoms with Crippen LogP contribution in [-0.2, 0) is 4.79 Å². The van der Waals surface area contributed by atoms with Gasteiger partial charge in [-0.25, -0.2) is 0 Å². The minimum atomic E-state index is -0.146. The summed E-state index contributed by atoms with van der Waals surface area (Å²) in [5, 5.41) is 4.04. The van der Waals surface area contributed by atoms with Crippen molar-refractivity contribution in [1.82, 2.24) is 5.32 Å². The summed E-state index contributed by atoms with van der Waals surface area (Å²) in [6.07, 6.45) is 0.423. The first kappa shape index (κ1) is 15.3. The molecule has 0 radical (unpaired) electrons. The molecule has 0 aromatic heterocycles. The normalized spacial score (nSPS) is 14.1. The van der Waals surface area contributed by atoms with Crippen molar-refractivity contribution in [2.75, 3.05) is 6.54 Å². The van der Waals surface area contributed by atoms with E-state index in [1.807, 2.05) is 19.9 Å². The number of rotatable bonds is 5. The van der Waals surface area contributed by atoms with Gasteiger partial charge >= 0.3 is 0 Å². The zero-order valence-electron chi connectivity index (χ0n) is 10.5. The molecule has 0 aliphatic heterocycles. The van der Waals surface area contributed by atoms with Gasteiger partial charge in [-0.2, -0.15) is 0 Å². The molecule has 0 saturated carbocycles. The summed E-state index contributed by atoms with van der Waals surface area (Å²) in [6, 6.07) is 5.10. The van der Waals surface area contributed by atoms with Gasteiger partial charge < -0.3 is 11.1 Å². The second-order valence-corrected chi connectivity index (χ2v) is 5.34. The fourth-order valence-corrected chi connectivity index (χ4v) is 2.20. The lowest BCUT2D eigenvalue weighted by atomic mass is 10.1. The van der Waals surface area contributed by atoms with Crippen LogP contribution in [0.5, 0.6) is 0 Å². The van der Waals surface area contributed by atoms with E-state index in [1.165, 1.54) is 0 Å². The van der Waals surface area contributed by atoms with Gasteiger partial charge in [-0.3, -0.25) is 4.79 Å². The fourth-order valence-electron chi connectivity index (χ4n) is 1.63. The third kappa shape index (κ3) is 4.48. The number of hydrogen-bond donors (Lipinski definition) is 2. The molecule has 1 aromatic carbocycles. The van der Waals surface area contributed by atoms with Crippen molar-refractivity contribution in [3.05, 3.63) is 33.8 Å². The molecular weight excluding hydrogens is 271 g/mol. The Labute approximate surface area is 118 Å². The smallest absolute Gasteiger partial charge is 0.220 e. The van der Waals surface area contributed by atoms with E-state index < -0.39 is 0 Å². The van der Waals surface area contributed by atoms with Crippen LogP contribution < -0.4 is 11.1 Å². The molecule has 0 heterocycles. The predicted octanol–water partition coefficient (Wildman–Crippen LogP) is 3.16. The van der Waals surface area contributed by atoms with Gasteiger partial charge in [0.15, 0.2) is 0 Å². The molecule has 0 aliphatic carbocycles. The minimum Gasteiger partial charge on any atom is -0.350 e. The minimum absolute atomic E-state index is 0.0218. The van der Waals surface area contributed by atoms with E-state index in [0.29, 0.717) is 23.0 Å². The summed E-state index contributed by atoms with van der Waals surface area (Å²) in [6.45, 7) is 4.34. The Morgan fingerprint density at radius 1 is 1.39 bits per heavy atom. The monoisotopic (exact) mass is 288 g/mol. The average Bonchev–Trinajstić information content (AvgIpc) is 2.28. The lowest BCUT2D eigenvalue weighted by Gasteiger charge is -2.17. The number of nitrogens with two attached hydrogens (primary N) is 1. The Morgan fingerprint density at radius 3 is 2.61 bits per heavy atom. The van der Waals surface area contributed by atoms with Crippen LogP contribution in [-0.4, -0.2) is 12.5 Å². The molecule has 1 rings (SSSR count). The number of benzene rings is 1. The maximum absolute atomic E-state index is 11.7. The number of halogens is 2. The van der Waals surface area contributed by atoms with Crippen LogP contribution in [0, 0.1) is 5.92 Å². The van der Waals surface area contributed by atoms with E-state index in [9.17, 15) is 4.79 Å². The largest absolute Gasteiger partial charge is 0.350 e. The van der Waals surface area contributed by atoms with E-state index in [-0.39, 0.29) is 17.9 Å². The quantitative estimate of drug-likeness (QED) is 0.874. The third-order valence-corrected chi connectivity index (χ3v) is 3.31. The van der Waals surface area contributed by atoms with Crippen molar-refractivity contribution in [3.8, 4) is 0 Å². The summed E-state index contributed by atoms with van der Waals surface area (Å²) >= 11 is 11.9. The van der Waals surface area contributed by atoms with E-state index in [2.05, 4.69) is 5.32 Å². The summed E-state index contributed by atoms with van der Waals surface area (Å²) in [4.78, 5) is 11.7.